The Morgan fingerprint density at radius 3 is 2.85 bits per heavy atom. The number of ketones is 1. The molecule has 0 aromatic heterocycles. The maximum absolute atomic E-state index is 11.1. The summed E-state index contributed by atoms with van der Waals surface area (Å²) in [6, 6.07) is 5.84. The molecule has 0 N–H and O–H groups in total. The molecule has 0 bridgehead atoms. The SMILES string of the molecule is Cc1c(Br)cccc1CC(=O)CCl. The van der Waals surface area contributed by atoms with E-state index < -0.39 is 0 Å². The average Bonchev–Trinajstić information content (AvgIpc) is 2.13. The highest BCUT2D eigenvalue weighted by Crippen LogP contribution is 2.19. The number of hydrogen-bond acceptors (Lipinski definition) is 1. The Balaban J connectivity index is 2.89. The van der Waals surface area contributed by atoms with Crippen molar-refractivity contribution < 1.29 is 4.79 Å². The molecule has 0 fully saturated rings. The zero-order valence-electron chi connectivity index (χ0n) is 7.31. The van der Waals surface area contributed by atoms with Crippen molar-refractivity contribution in [3.8, 4) is 0 Å². The Kier molecular flexibility index (Phi) is 3.94. The van der Waals surface area contributed by atoms with E-state index in [1.54, 1.807) is 0 Å². The fourth-order valence-electron chi connectivity index (χ4n) is 1.10. The number of alkyl halides is 1. The van der Waals surface area contributed by atoms with Crippen LogP contribution in [0.2, 0.25) is 0 Å². The van der Waals surface area contributed by atoms with Crippen molar-refractivity contribution in [2.75, 3.05) is 5.88 Å². The molecule has 0 spiro atoms. The van der Waals surface area contributed by atoms with Gasteiger partial charge in [0.25, 0.3) is 0 Å². The van der Waals surface area contributed by atoms with Crippen LogP contribution in [-0.2, 0) is 11.2 Å². The highest BCUT2D eigenvalue weighted by molar-refractivity contribution is 9.10. The highest BCUT2D eigenvalue weighted by atomic mass is 79.9. The van der Waals surface area contributed by atoms with Gasteiger partial charge in [-0.15, -0.1) is 11.6 Å². The Labute approximate surface area is 91.2 Å². The molecule has 0 unspecified atom stereocenters. The fraction of sp³-hybridized carbons (Fsp3) is 0.300. The van der Waals surface area contributed by atoms with Gasteiger partial charge >= 0.3 is 0 Å². The predicted octanol–water partition coefficient (Wildman–Crippen LogP) is 3.11. The second-order valence-electron chi connectivity index (χ2n) is 2.87. The van der Waals surface area contributed by atoms with Gasteiger partial charge in [0.2, 0.25) is 0 Å². The van der Waals surface area contributed by atoms with E-state index in [1.165, 1.54) is 0 Å². The van der Waals surface area contributed by atoms with Crippen LogP contribution in [0.1, 0.15) is 11.1 Å². The molecule has 1 nitrogen and oxygen atoms in total. The van der Waals surface area contributed by atoms with Gasteiger partial charge in [0.05, 0.1) is 5.88 Å². The van der Waals surface area contributed by atoms with Gasteiger partial charge in [0.15, 0.2) is 5.78 Å². The summed E-state index contributed by atoms with van der Waals surface area (Å²) in [5.41, 5.74) is 2.15. The fourth-order valence-corrected chi connectivity index (χ4v) is 1.61. The minimum atomic E-state index is 0.0582. The van der Waals surface area contributed by atoms with Crippen LogP contribution in [0.15, 0.2) is 22.7 Å². The summed E-state index contributed by atoms with van der Waals surface area (Å²) in [4.78, 5) is 11.1. The molecular weight excluding hydrogens is 251 g/mol. The molecule has 13 heavy (non-hydrogen) atoms. The minimum Gasteiger partial charge on any atom is -0.298 e. The molecule has 0 saturated carbocycles. The first-order valence-corrected chi connectivity index (χ1v) is 5.29. The predicted molar refractivity (Wildman–Crippen MR) is 58.3 cm³/mol. The van der Waals surface area contributed by atoms with Gasteiger partial charge in [-0.2, -0.15) is 0 Å². The number of benzene rings is 1. The van der Waals surface area contributed by atoms with Gasteiger partial charge in [-0.3, -0.25) is 4.79 Å². The third-order valence-electron chi connectivity index (χ3n) is 1.92. The maximum Gasteiger partial charge on any atom is 0.151 e. The lowest BCUT2D eigenvalue weighted by atomic mass is 10.0. The summed E-state index contributed by atoms with van der Waals surface area (Å²) < 4.78 is 1.03. The largest absolute Gasteiger partial charge is 0.298 e. The van der Waals surface area contributed by atoms with E-state index >= 15 is 0 Å². The van der Waals surface area contributed by atoms with Crippen molar-refractivity contribution in [3.05, 3.63) is 33.8 Å². The Morgan fingerprint density at radius 1 is 1.54 bits per heavy atom. The molecule has 0 aliphatic carbocycles. The summed E-state index contributed by atoms with van der Waals surface area (Å²) in [7, 11) is 0. The number of halogens is 2. The van der Waals surface area contributed by atoms with E-state index in [-0.39, 0.29) is 11.7 Å². The lowest BCUT2D eigenvalue weighted by Gasteiger charge is -2.05. The average molecular weight is 262 g/mol. The molecule has 0 radical (unpaired) electrons. The maximum atomic E-state index is 11.1. The zero-order valence-corrected chi connectivity index (χ0v) is 9.65. The van der Waals surface area contributed by atoms with Crippen molar-refractivity contribution in [2.24, 2.45) is 0 Å². The number of rotatable bonds is 3. The van der Waals surface area contributed by atoms with Gasteiger partial charge in [0.1, 0.15) is 0 Å². The topological polar surface area (TPSA) is 17.1 Å². The van der Waals surface area contributed by atoms with Gasteiger partial charge in [-0.05, 0) is 24.1 Å². The van der Waals surface area contributed by atoms with Crippen LogP contribution in [0.3, 0.4) is 0 Å². The van der Waals surface area contributed by atoms with Crippen LogP contribution in [0.5, 0.6) is 0 Å². The highest BCUT2D eigenvalue weighted by Gasteiger charge is 2.06. The first-order valence-electron chi connectivity index (χ1n) is 3.97. The second-order valence-corrected chi connectivity index (χ2v) is 3.99. The van der Waals surface area contributed by atoms with Crippen molar-refractivity contribution in [1.82, 2.24) is 0 Å². The summed E-state index contributed by atoms with van der Waals surface area (Å²) in [5, 5.41) is 0. The first-order chi connectivity index (χ1) is 6.15. The quantitative estimate of drug-likeness (QED) is 0.764. The van der Waals surface area contributed by atoms with Crippen LogP contribution in [0.25, 0.3) is 0 Å². The normalized spacial score (nSPS) is 10.1. The molecule has 70 valence electrons. The van der Waals surface area contributed by atoms with Crippen molar-refractivity contribution in [2.45, 2.75) is 13.3 Å². The Bertz CT molecular complexity index is 323. The van der Waals surface area contributed by atoms with Crippen molar-refractivity contribution in [3.63, 3.8) is 0 Å². The summed E-state index contributed by atoms with van der Waals surface area (Å²) >= 11 is 8.85. The van der Waals surface area contributed by atoms with Crippen LogP contribution in [-0.4, -0.2) is 11.7 Å². The molecule has 0 amide bonds. The van der Waals surface area contributed by atoms with E-state index in [9.17, 15) is 4.79 Å². The van der Waals surface area contributed by atoms with Gasteiger partial charge in [-0.25, -0.2) is 0 Å². The Morgan fingerprint density at radius 2 is 2.23 bits per heavy atom. The Hall–Kier alpha value is -0.340. The lowest BCUT2D eigenvalue weighted by Crippen LogP contribution is -2.05. The summed E-state index contributed by atoms with van der Waals surface area (Å²) in [6.45, 7) is 1.99. The van der Waals surface area contributed by atoms with Gasteiger partial charge in [0, 0.05) is 10.9 Å². The van der Waals surface area contributed by atoms with E-state index in [4.69, 9.17) is 11.6 Å². The molecular formula is C10H10BrClO. The first kappa shape index (κ1) is 10.7. The molecule has 0 aliphatic heterocycles. The third kappa shape index (κ3) is 2.82. The molecule has 0 aliphatic rings. The van der Waals surface area contributed by atoms with E-state index in [2.05, 4.69) is 15.9 Å². The molecule has 0 saturated heterocycles. The van der Waals surface area contributed by atoms with E-state index in [0.29, 0.717) is 6.42 Å². The summed E-state index contributed by atoms with van der Waals surface area (Å²) in [5.74, 6) is 0.147. The van der Waals surface area contributed by atoms with Gasteiger partial charge < -0.3 is 0 Å². The van der Waals surface area contributed by atoms with Crippen LogP contribution in [0.4, 0.5) is 0 Å². The number of carbonyl (C=O) groups excluding carboxylic acids is 1. The molecule has 1 aromatic carbocycles. The van der Waals surface area contributed by atoms with Crippen molar-refractivity contribution in [1.29, 1.82) is 0 Å². The molecule has 0 heterocycles. The molecule has 3 heteroatoms. The lowest BCUT2D eigenvalue weighted by molar-refractivity contribution is -0.116. The smallest absolute Gasteiger partial charge is 0.151 e. The van der Waals surface area contributed by atoms with E-state index in [0.717, 1.165) is 15.6 Å². The van der Waals surface area contributed by atoms with E-state index in [1.807, 2.05) is 25.1 Å². The molecule has 1 rings (SSSR count). The summed E-state index contributed by atoms with van der Waals surface area (Å²) in [6.07, 6.45) is 0.425. The minimum absolute atomic E-state index is 0.0582. The van der Waals surface area contributed by atoms with Crippen LogP contribution >= 0.6 is 27.5 Å². The van der Waals surface area contributed by atoms with Gasteiger partial charge in [-0.1, -0.05) is 28.1 Å². The molecule has 1 aromatic rings. The third-order valence-corrected chi connectivity index (χ3v) is 3.07. The van der Waals surface area contributed by atoms with Crippen LogP contribution in [0, 0.1) is 6.92 Å². The van der Waals surface area contributed by atoms with Crippen molar-refractivity contribution >= 4 is 33.3 Å². The number of carbonyl (C=O) groups is 1. The van der Waals surface area contributed by atoms with Crippen LogP contribution < -0.4 is 0 Å². The second kappa shape index (κ2) is 4.77. The number of hydrogen-bond donors (Lipinski definition) is 0. The zero-order chi connectivity index (χ0) is 9.84. The standard InChI is InChI=1S/C10H10BrClO/c1-7-8(5-9(13)6-12)3-2-4-10(7)11/h2-4H,5-6H2,1H3. The number of Topliss-reactive ketones (excluding diaryl/α,β-unsaturated/α-hetero) is 1. The monoisotopic (exact) mass is 260 g/mol. The molecule has 0 atom stereocenters.